The third-order valence-electron chi connectivity index (χ3n) is 2.94. The van der Waals surface area contributed by atoms with E-state index in [0.717, 1.165) is 31.0 Å². The first kappa shape index (κ1) is 11.9. The van der Waals surface area contributed by atoms with E-state index < -0.39 is 0 Å². The molecule has 0 radical (unpaired) electrons. The van der Waals surface area contributed by atoms with Crippen LogP contribution < -0.4 is 10.2 Å². The molecule has 1 aliphatic heterocycles. The second kappa shape index (κ2) is 5.66. The van der Waals surface area contributed by atoms with Crippen LogP contribution in [0.2, 0.25) is 0 Å². The van der Waals surface area contributed by atoms with Gasteiger partial charge in [0.1, 0.15) is 5.82 Å². The standard InChI is InChI=1S/C13H19N3O/c1-2-5-13(17)15-11-6-7-12(14-10-11)16-8-3-4-9-16/h6-7,10H,2-5,8-9H2,1H3,(H,15,17). The largest absolute Gasteiger partial charge is 0.357 e. The first-order chi connectivity index (χ1) is 8.29. The first-order valence-electron chi connectivity index (χ1n) is 6.30. The van der Waals surface area contributed by atoms with Crippen molar-refractivity contribution in [2.45, 2.75) is 32.6 Å². The van der Waals surface area contributed by atoms with Crippen LogP contribution in [0.4, 0.5) is 11.5 Å². The fraction of sp³-hybridized carbons (Fsp3) is 0.538. The quantitative estimate of drug-likeness (QED) is 0.868. The molecule has 4 heteroatoms. The van der Waals surface area contributed by atoms with Gasteiger partial charge in [-0.25, -0.2) is 4.98 Å². The minimum absolute atomic E-state index is 0.0585. The summed E-state index contributed by atoms with van der Waals surface area (Å²) in [7, 11) is 0. The van der Waals surface area contributed by atoms with Crippen LogP contribution in [0.5, 0.6) is 0 Å². The molecule has 0 spiro atoms. The Balaban J connectivity index is 1.95. The van der Waals surface area contributed by atoms with Crippen molar-refractivity contribution in [1.29, 1.82) is 0 Å². The second-order valence-corrected chi connectivity index (χ2v) is 4.40. The van der Waals surface area contributed by atoms with E-state index in [1.165, 1.54) is 12.8 Å². The third-order valence-corrected chi connectivity index (χ3v) is 2.94. The van der Waals surface area contributed by atoms with Crippen LogP contribution in [0.25, 0.3) is 0 Å². The molecule has 0 bridgehead atoms. The molecule has 4 nitrogen and oxygen atoms in total. The van der Waals surface area contributed by atoms with E-state index in [-0.39, 0.29) is 5.91 Å². The number of carbonyl (C=O) groups is 1. The Morgan fingerprint density at radius 3 is 2.76 bits per heavy atom. The molecule has 1 saturated heterocycles. The molecule has 0 atom stereocenters. The topological polar surface area (TPSA) is 45.2 Å². The molecule has 2 heterocycles. The number of amides is 1. The molecule has 0 aliphatic carbocycles. The zero-order valence-electron chi connectivity index (χ0n) is 10.3. The number of rotatable bonds is 4. The molecule has 0 aromatic carbocycles. The highest BCUT2D eigenvalue weighted by Gasteiger charge is 2.13. The van der Waals surface area contributed by atoms with E-state index in [9.17, 15) is 4.79 Å². The maximum Gasteiger partial charge on any atom is 0.224 e. The van der Waals surface area contributed by atoms with Crippen molar-refractivity contribution in [3.63, 3.8) is 0 Å². The maximum absolute atomic E-state index is 11.4. The molecule has 1 N–H and O–H groups in total. The molecule has 92 valence electrons. The molecular formula is C13H19N3O. The normalized spacial score (nSPS) is 15.0. The van der Waals surface area contributed by atoms with E-state index in [2.05, 4.69) is 15.2 Å². The lowest BCUT2D eigenvalue weighted by Gasteiger charge is -2.16. The fourth-order valence-electron chi connectivity index (χ4n) is 2.04. The van der Waals surface area contributed by atoms with E-state index in [1.807, 2.05) is 19.1 Å². The van der Waals surface area contributed by atoms with Crippen LogP contribution in [0.3, 0.4) is 0 Å². The van der Waals surface area contributed by atoms with Crippen molar-refractivity contribution in [3.05, 3.63) is 18.3 Å². The van der Waals surface area contributed by atoms with Gasteiger partial charge in [-0.05, 0) is 31.4 Å². The number of hydrogen-bond acceptors (Lipinski definition) is 3. The van der Waals surface area contributed by atoms with Crippen molar-refractivity contribution in [1.82, 2.24) is 4.98 Å². The Hall–Kier alpha value is -1.58. The van der Waals surface area contributed by atoms with Gasteiger partial charge in [0.05, 0.1) is 11.9 Å². The highest BCUT2D eigenvalue weighted by atomic mass is 16.1. The average molecular weight is 233 g/mol. The van der Waals surface area contributed by atoms with Gasteiger partial charge in [0.2, 0.25) is 5.91 Å². The number of nitrogens with zero attached hydrogens (tertiary/aromatic N) is 2. The summed E-state index contributed by atoms with van der Waals surface area (Å²) in [6, 6.07) is 3.90. The van der Waals surface area contributed by atoms with Gasteiger partial charge < -0.3 is 10.2 Å². The molecule has 2 rings (SSSR count). The Morgan fingerprint density at radius 1 is 1.41 bits per heavy atom. The lowest BCUT2D eigenvalue weighted by molar-refractivity contribution is -0.116. The molecule has 1 aliphatic rings. The summed E-state index contributed by atoms with van der Waals surface area (Å²) in [5.41, 5.74) is 0.784. The van der Waals surface area contributed by atoms with Crippen LogP contribution in [0.1, 0.15) is 32.6 Å². The molecule has 1 aromatic rings. The molecular weight excluding hydrogens is 214 g/mol. The number of carbonyl (C=O) groups excluding carboxylic acids is 1. The maximum atomic E-state index is 11.4. The number of hydrogen-bond donors (Lipinski definition) is 1. The zero-order valence-corrected chi connectivity index (χ0v) is 10.3. The fourth-order valence-corrected chi connectivity index (χ4v) is 2.04. The van der Waals surface area contributed by atoms with E-state index >= 15 is 0 Å². The number of anilines is 2. The van der Waals surface area contributed by atoms with Gasteiger partial charge in [-0.15, -0.1) is 0 Å². The number of nitrogens with one attached hydrogen (secondary N) is 1. The highest BCUT2D eigenvalue weighted by Crippen LogP contribution is 2.19. The monoisotopic (exact) mass is 233 g/mol. The zero-order chi connectivity index (χ0) is 12.1. The molecule has 0 unspecified atom stereocenters. The number of pyridine rings is 1. The summed E-state index contributed by atoms with van der Waals surface area (Å²) >= 11 is 0. The smallest absolute Gasteiger partial charge is 0.224 e. The van der Waals surface area contributed by atoms with Gasteiger partial charge in [-0.2, -0.15) is 0 Å². The van der Waals surface area contributed by atoms with Crippen molar-refractivity contribution in [3.8, 4) is 0 Å². The molecule has 0 saturated carbocycles. The Kier molecular flexibility index (Phi) is 3.96. The second-order valence-electron chi connectivity index (χ2n) is 4.40. The molecule has 1 aromatic heterocycles. The van der Waals surface area contributed by atoms with E-state index in [1.54, 1.807) is 6.20 Å². The van der Waals surface area contributed by atoms with Crippen LogP contribution in [-0.4, -0.2) is 24.0 Å². The minimum Gasteiger partial charge on any atom is -0.357 e. The molecule has 1 amide bonds. The van der Waals surface area contributed by atoms with Gasteiger partial charge in [-0.1, -0.05) is 6.92 Å². The Labute approximate surface area is 102 Å². The summed E-state index contributed by atoms with van der Waals surface area (Å²) in [4.78, 5) is 18.1. The van der Waals surface area contributed by atoms with Crippen LogP contribution in [0, 0.1) is 0 Å². The lowest BCUT2D eigenvalue weighted by atomic mass is 10.3. The first-order valence-corrected chi connectivity index (χ1v) is 6.30. The predicted octanol–water partition coefficient (Wildman–Crippen LogP) is 2.42. The van der Waals surface area contributed by atoms with Crippen LogP contribution in [0.15, 0.2) is 18.3 Å². The molecule has 1 fully saturated rings. The average Bonchev–Trinajstić information content (AvgIpc) is 2.84. The van der Waals surface area contributed by atoms with Gasteiger partial charge in [0, 0.05) is 19.5 Å². The summed E-state index contributed by atoms with van der Waals surface area (Å²) < 4.78 is 0. The lowest BCUT2D eigenvalue weighted by Crippen LogP contribution is -2.19. The highest BCUT2D eigenvalue weighted by molar-refractivity contribution is 5.90. The summed E-state index contributed by atoms with van der Waals surface area (Å²) in [6.45, 7) is 4.18. The molecule has 17 heavy (non-hydrogen) atoms. The van der Waals surface area contributed by atoms with Crippen molar-refractivity contribution in [2.75, 3.05) is 23.3 Å². The van der Waals surface area contributed by atoms with Crippen molar-refractivity contribution < 1.29 is 4.79 Å². The summed E-state index contributed by atoms with van der Waals surface area (Å²) in [6.07, 6.45) is 5.66. The van der Waals surface area contributed by atoms with Gasteiger partial charge in [0.15, 0.2) is 0 Å². The third kappa shape index (κ3) is 3.19. The van der Waals surface area contributed by atoms with Gasteiger partial charge >= 0.3 is 0 Å². The van der Waals surface area contributed by atoms with Crippen molar-refractivity contribution >= 4 is 17.4 Å². The van der Waals surface area contributed by atoms with Crippen LogP contribution >= 0.6 is 0 Å². The van der Waals surface area contributed by atoms with E-state index in [4.69, 9.17) is 0 Å². The summed E-state index contributed by atoms with van der Waals surface area (Å²) in [5, 5.41) is 2.84. The van der Waals surface area contributed by atoms with Crippen LogP contribution in [-0.2, 0) is 4.79 Å². The van der Waals surface area contributed by atoms with Gasteiger partial charge in [-0.3, -0.25) is 4.79 Å². The Bertz CT molecular complexity index is 369. The predicted molar refractivity (Wildman–Crippen MR) is 69.2 cm³/mol. The minimum atomic E-state index is 0.0585. The Morgan fingerprint density at radius 2 is 2.18 bits per heavy atom. The SMILES string of the molecule is CCCC(=O)Nc1ccc(N2CCCC2)nc1. The summed E-state index contributed by atoms with van der Waals surface area (Å²) in [5.74, 6) is 1.07. The number of aromatic nitrogens is 1. The van der Waals surface area contributed by atoms with E-state index in [0.29, 0.717) is 6.42 Å². The van der Waals surface area contributed by atoms with Gasteiger partial charge in [0.25, 0.3) is 0 Å². The van der Waals surface area contributed by atoms with Crippen molar-refractivity contribution in [2.24, 2.45) is 0 Å².